The van der Waals surface area contributed by atoms with E-state index in [1.807, 2.05) is 44.2 Å². The maximum absolute atomic E-state index is 12.6. The monoisotopic (exact) mass is 407 g/mol. The number of benzene rings is 1. The van der Waals surface area contributed by atoms with Gasteiger partial charge >= 0.3 is 0 Å². The van der Waals surface area contributed by atoms with E-state index in [4.69, 9.17) is 10.5 Å². The second-order valence-electron chi connectivity index (χ2n) is 7.31. The third-order valence-corrected chi connectivity index (χ3v) is 5.01. The van der Waals surface area contributed by atoms with Crippen LogP contribution in [0.1, 0.15) is 40.2 Å². The van der Waals surface area contributed by atoms with Crippen molar-refractivity contribution in [1.82, 2.24) is 10.3 Å². The number of hydrogen-bond acceptors (Lipinski definition) is 5. The van der Waals surface area contributed by atoms with Crippen LogP contribution in [0.3, 0.4) is 0 Å². The van der Waals surface area contributed by atoms with Gasteiger partial charge in [0.2, 0.25) is 0 Å². The Balaban J connectivity index is 1.64. The quantitative estimate of drug-likeness (QED) is 0.503. The number of para-hydroxylation sites is 1. The van der Waals surface area contributed by atoms with Crippen molar-refractivity contribution in [3.8, 4) is 0 Å². The summed E-state index contributed by atoms with van der Waals surface area (Å²) in [5, 5.41) is 6.04. The number of aliphatic imine (C=N–C) groups is 1. The number of nitrogens with two attached hydrogens (primary N) is 1. The van der Waals surface area contributed by atoms with E-state index in [2.05, 4.69) is 27.2 Å². The third-order valence-electron chi connectivity index (χ3n) is 5.01. The molecule has 2 heterocycles. The van der Waals surface area contributed by atoms with Crippen molar-refractivity contribution in [3.63, 3.8) is 0 Å². The first-order valence-corrected chi connectivity index (χ1v) is 10.1. The Labute approximate surface area is 177 Å². The van der Waals surface area contributed by atoms with Crippen LogP contribution in [-0.2, 0) is 4.74 Å². The van der Waals surface area contributed by atoms with Gasteiger partial charge < -0.3 is 26.1 Å². The molecule has 0 aliphatic carbocycles. The predicted molar refractivity (Wildman–Crippen MR) is 121 cm³/mol. The molecule has 1 atom stereocenters. The van der Waals surface area contributed by atoms with Gasteiger partial charge in [-0.3, -0.25) is 4.79 Å². The third kappa shape index (κ3) is 5.39. The SMILES string of the molecule is C=C(N=C/C=C(\N)c1c(C)[nH]c(C(=O)NCC2CCCO2)c1C)Nc1ccccc1. The lowest BCUT2D eigenvalue weighted by atomic mass is 10.1. The highest BCUT2D eigenvalue weighted by Crippen LogP contribution is 2.23. The lowest BCUT2D eigenvalue weighted by Crippen LogP contribution is -2.32. The molecule has 158 valence electrons. The molecule has 2 aromatic rings. The van der Waals surface area contributed by atoms with Gasteiger partial charge in [0.05, 0.1) is 6.10 Å². The second kappa shape index (κ2) is 9.93. The fourth-order valence-electron chi connectivity index (χ4n) is 3.52. The average molecular weight is 408 g/mol. The molecule has 30 heavy (non-hydrogen) atoms. The summed E-state index contributed by atoms with van der Waals surface area (Å²) in [4.78, 5) is 20.0. The minimum Gasteiger partial charge on any atom is -0.398 e. The van der Waals surface area contributed by atoms with Crippen LogP contribution in [0.2, 0.25) is 0 Å². The molecule has 7 nitrogen and oxygen atoms in total. The summed E-state index contributed by atoms with van der Waals surface area (Å²) in [6.07, 6.45) is 5.42. The van der Waals surface area contributed by atoms with Crippen LogP contribution >= 0.6 is 0 Å². The highest BCUT2D eigenvalue weighted by Gasteiger charge is 2.21. The topological polar surface area (TPSA) is 105 Å². The van der Waals surface area contributed by atoms with Crippen LogP contribution in [0.4, 0.5) is 5.69 Å². The van der Waals surface area contributed by atoms with E-state index < -0.39 is 0 Å². The summed E-state index contributed by atoms with van der Waals surface area (Å²) in [5.74, 6) is 0.348. The molecule has 0 bridgehead atoms. The number of ether oxygens (including phenoxy) is 1. The van der Waals surface area contributed by atoms with Gasteiger partial charge in [0.15, 0.2) is 0 Å². The van der Waals surface area contributed by atoms with Crippen LogP contribution in [0.15, 0.2) is 53.8 Å². The molecule has 1 unspecified atom stereocenters. The fraction of sp³-hybridized carbons (Fsp3) is 0.304. The predicted octanol–water partition coefficient (Wildman–Crippen LogP) is 3.49. The summed E-state index contributed by atoms with van der Waals surface area (Å²) < 4.78 is 5.56. The molecular weight excluding hydrogens is 378 g/mol. The van der Waals surface area contributed by atoms with Gasteiger partial charge in [-0.2, -0.15) is 0 Å². The normalized spacial score (nSPS) is 16.7. The first-order valence-electron chi connectivity index (χ1n) is 10.1. The molecule has 1 saturated heterocycles. The molecule has 5 N–H and O–H groups in total. The number of H-pyrrole nitrogens is 1. The first-order chi connectivity index (χ1) is 14.5. The number of allylic oxidation sites excluding steroid dienone is 1. The second-order valence-corrected chi connectivity index (χ2v) is 7.31. The number of aromatic nitrogens is 1. The first kappa shape index (κ1) is 21.4. The maximum atomic E-state index is 12.6. The van der Waals surface area contributed by atoms with Crippen molar-refractivity contribution >= 4 is 23.5 Å². The van der Waals surface area contributed by atoms with Crippen LogP contribution in [0.25, 0.3) is 5.70 Å². The lowest BCUT2D eigenvalue weighted by molar-refractivity contribution is 0.0853. The smallest absolute Gasteiger partial charge is 0.268 e. The minimum absolute atomic E-state index is 0.101. The zero-order valence-corrected chi connectivity index (χ0v) is 17.5. The molecule has 0 spiro atoms. The number of carbonyl (C=O) groups is 1. The van der Waals surface area contributed by atoms with Gasteiger partial charge in [-0.15, -0.1) is 0 Å². The summed E-state index contributed by atoms with van der Waals surface area (Å²) >= 11 is 0. The van der Waals surface area contributed by atoms with E-state index in [1.165, 1.54) is 0 Å². The molecule has 3 rings (SSSR count). The number of carbonyl (C=O) groups excluding carboxylic acids is 1. The Kier molecular flexibility index (Phi) is 7.08. The van der Waals surface area contributed by atoms with Crippen molar-refractivity contribution < 1.29 is 9.53 Å². The Morgan fingerprint density at radius 2 is 2.13 bits per heavy atom. The lowest BCUT2D eigenvalue weighted by Gasteiger charge is -2.10. The van der Waals surface area contributed by atoms with Gasteiger partial charge in [0, 0.05) is 42.0 Å². The van der Waals surface area contributed by atoms with Crippen molar-refractivity contribution in [3.05, 3.63) is 71.3 Å². The number of rotatable bonds is 8. The summed E-state index contributed by atoms with van der Waals surface area (Å²) in [5.41, 5.74) is 10.7. The Morgan fingerprint density at radius 3 is 2.83 bits per heavy atom. The van der Waals surface area contributed by atoms with Crippen LogP contribution in [-0.4, -0.2) is 36.4 Å². The number of anilines is 1. The number of aromatic amines is 1. The molecule has 0 saturated carbocycles. The number of aryl methyl sites for hydroxylation is 1. The average Bonchev–Trinajstić information content (AvgIpc) is 3.34. The Bertz CT molecular complexity index is 953. The largest absolute Gasteiger partial charge is 0.398 e. The van der Waals surface area contributed by atoms with Gasteiger partial charge in [-0.25, -0.2) is 4.99 Å². The summed E-state index contributed by atoms with van der Waals surface area (Å²) in [6, 6.07) is 9.68. The molecule has 1 amide bonds. The van der Waals surface area contributed by atoms with Crippen molar-refractivity contribution in [1.29, 1.82) is 0 Å². The van der Waals surface area contributed by atoms with E-state index in [0.29, 0.717) is 23.8 Å². The summed E-state index contributed by atoms with van der Waals surface area (Å²) in [6.45, 7) is 8.94. The number of hydrogen-bond donors (Lipinski definition) is 4. The zero-order chi connectivity index (χ0) is 21.5. The molecule has 7 heteroatoms. The highest BCUT2D eigenvalue weighted by molar-refractivity contribution is 5.96. The van der Waals surface area contributed by atoms with Crippen LogP contribution in [0, 0.1) is 13.8 Å². The zero-order valence-electron chi connectivity index (χ0n) is 17.5. The molecule has 1 aliphatic heterocycles. The Morgan fingerprint density at radius 1 is 1.37 bits per heavy atom. The van der Waals surface area contributed by atoms with Gasteiger partial charge in [-0.05, 0) is 50.5 Å². The molecule has 1 aliphatic rings. The van der Waals surface area contributed by atoms with E-state index >= 15 is 0 Å². The standard InChI is InChI=1S/C23H29N5O2/c1-15-21(16(2)27-22(15)23(29)26-14-19-10-7-13-30-19)20(24)11-12-25-17(3)28-18-8-5-4-6-9-18/h4-6,8-9,11-12,19,27-28H,3,7,10,13-14,24H2,1-2H3,(H,26,29)/b20-11-,25-12?. The van der Waals surface area contributed by atoms with E-state index in [9.17, 15) is 4.79 Å². The molecule has 1 aromatic heterocycles. The minimum atomic E-state index is -0.153. The number of amides is 1. The van der Waals surface area contributed by atoms with Crippen LogP contribution < -0.4 is 16.4 Å². The number of nitrogens with one attached hydrogen (secondary N) is 3. The van der Waals surface area contributed by atoms with Gasteiger partial charge in [0.1, 0.15) is 11.5 Å². The van der Waals surface area contributed by atoms with Gasteiger partial charge in [-0.1, -0.05) is 24.8 Å². The molecule has 0 radical (unpaired) electrons. The number of nitrogens with zero attached hydrogens (tertiary/aromatic N) is 1. The molecule has 1 fully saturated rings. The van der Waals surface area contributed by atoms with Crippen molar-refractivity contribution in [2.45, 2.75) is 32.8 Å². The van der Waals surface area contributed by atoms with Crippen LogP contribution in [0.5, 0.6) is 0 Å². The van der Waals surface area contributed by atoms with Crippen molar-refractivity contribution in [2.24, 2.45) is 10.7 Å². The van der Waals surface area contributed by atoms with Gasteiger partial charge in [0.25, 0.3) is 5.91 Å². The molecular formula is C23H29N5O2. The van der Waals surface area contributed by atoms with E-state index in [0.717, 1.165) is 42.0 Å². The van der Waals surface area contributed by atoms with E-state index in [-0.39, 0.29) is 12.0 Å². The molecule has 1 aromatic carbocycles. The van der Waals surface area contributed by atoms with E-state index in [1.54, 1.807) is 12.3 Å². The summed E-state index contributed by atoms with van der Waals surface area (Å²) in [7, 11) is 0. The van der Waals surface area contributed by atoms with Crippen molar-refractivity contribution in [2.75, 3.05) is 18.5 Å². The Hall–Kier alpha value is -3.32. The fourth-order valence-corrected chi connectivity index (χ4v) is 3.52. The highest BCUT2D eigenvalue weighted by atomic mass is 16.5. The maximum Gasteiger partial charge on any atom is 0.268 e.